The van der Waals surface area contributed by atoms with Crippen LogP contribution in [-0.2, 0) is 11.3 Å². The zero-order valence-electron chi connectivity index (χ0n) is 15.5. The predicted octanol–water partition coefficient (Wildman–Crippen LogP) is 3.82. The summed E-state index contributed by atoms with van der Waals surface area (Å²) in [7, 11) is 3.27. The average Bonchev–Trinajstić information content (AvgIpc) is 2.66. The highest BCUT2D eigenvalue weighted by Gasteiger charge is 2.16. The number of hydrogen-bond acceptors (Lipinski definition) is 4. The summed E-state index contributed by atoms with van der Waals surface area (Å²) in [5, 5.41) is 6.27. The van der Waals surface area contributed by atoms with E-state index in [9.17, 15) is 4.79 Å². The first-order valence-corrected chi connectivity index (χ1v) is 9.24. The third kappa shape index (κ3) is 5.47. The summed E-state index contributed by atoms with van der Waals surface area (Å²) in [6.45, 7) is 4.37. The third-order valence-corrected chi connectivity index (χ3v) is 4.81. The van der Waals surface area contributed by atoms with Gasteiger partial charge in [0, 0.05) is 12.6 Å². The van der Waals surface area contributed by atoms with E-state index >= 15 is 0 Å². The topological polar surface area (TPSA) is 59.6 Å². The summed E-state index contributed by atoms with van der Waals surface area (Å²) in [5.41, 5.74) is 2.10. The van der Waals surface area contributed by atoms with E-state index in [1.54, 1.807) is 14.2 Å². The van der Waals surface area contributed by atoms with Crippen molar-refractivity contribution < 1.29 is 14.3 Å². The number of carbonyl (C=O) groups is 1. The highest BCUT2D eigenvalue weighted by molar-refractivity contribution is 9.10. The summed E-state index contributed by atoms with van der Waals surface area (Å²) in [5.74, 6) is 1.54. The number of nitrogens with one attached hydrogen (secondary N) is 2. The molecule has 0 saturated carbocycles. The molecule has 0 aliphatic carbocycles. The van der Waals surface area contributed by atoms with Crippen LogP contribution in [0.1, 0.15) is 31.0 Å². The molecule has 0 aliphatic heterocycles. The van der Waals surface area contributed by atoms with Gasteiger partial charge in [-0.2, -0.15) is 0 Å². The van der Waals surface area contributed by atoms with E-state index in [1.807, 2.05) is 56.3 Å². The van der Waals surface area contributed by atoms with Crippen molar-refractivity contribution in [1.29, 1.82) is 0 Å². The summed E-state index contributed by atoms with van der Waals surface area (Å²) >= 11 is 3.49. The largest absolute Gasteiger partial charge is 0.497 e. The minimum atomic E-state index is -0.316. The van der Waals surface area contributed by atoms with Crippen molar-refractivity contribution in [2.45, 2.75) is 32.5 Å². The summed E-state index contributed by atoms with van der Waals surface area (Å²) < 4.78 is 11.3. The van der Waals surface area contributed by atoms with E-state index in [0.29, 0.717) is 6.54 Å². The Bertz CT molecular complexity index is 734. The fourth-order valence-electron chi connectivity index (χ4n) is 2.58. The SMILES string of the molecule is COc1ccc(CNC(=O)[C@@H](C)N[C@@H](C)c2ccc(OC)c(Br)c2)cc1. The number of ether oxygens (including phenoxy) is 2. The van der Waals surface area contributed by atoms with E-state index in [0.717, 1.165) is 27.1 Å². The molecule has 6 heteroatoms. The van der Waals surface area contributed by atoms with E-state index in [4.69, 9.17) is 9.47 Å². The van der Waals surface area contributed by atoms with Crippen LogP contribution in [0.15, 0.2) is 46.9 Å². The first-order chi connectivity index (χ1) is 12.4. The molecule has 0 aliphatic rings. The lowest BCUT2D eigenvalue weighted by molar-refractivity contribution is -0.123. The molecule has 0 fully saturated rings. The number of amides is 1. The number of hydrogen-bond donors (Lipinski definition) is 2. The Balaban J connectivity index is 1.88. The zero-order chi connectivity index (χ0) is 19.1. The molecule has 0 unspecified atom stereocenters. The Morgan fingerprint density at radius 3 is 2.35 bits per heavy atom. The van der Waals surface area contributed by atoms with Crippen molar-refractivity contribution >= 4 is 21.8 Å². The van der Waals surface area contributed by atoms with Crippen LogP contribution < -0.4 is 20.1 Å². The van der Waals surface area contributed by atoms with Gasteiger partial charge in [-0.25, -0.2) is 0 Å². The van der Waals surface area contributed by atoms with Gasteiger partial charge in [0.25, 0.3) is 0 Å². The van der Waals surface area contributed by atoms with Crippen molar-refractivity contribution in [3.63, 3.8) is 0 Å². The minimum absolute atomic E-state index is 0.0268. The smallest absolute Gasteiger partial charge is 0.237 e. The first-order valence-electron chi connectivity index (χ1n) is 8.44. The van der Waals surface area contributed by atoms with Gasteiger partial charge in [0.1, 0.15) is 11.5 Å². The van der Waals surface area contributed by atoms with Crippen LogP contribution in [0.4, 0.5) is 0 Å². The van der Waals surface area contributed by atoms with Crippen molar-refractivity contribution in [3.8, 4) is 11.5 Å². The maximum Gasteiger partial charge on any atom is 0.237 e. The van der Waals surface area contributed by atoms with Crippen LogP contribution in [0.25, 0.3) is 0 Å². The quantitative estimate of drug-likeness (QED) is 0.681. The minimum Gasteiger partial charge on any atom is -0.497 e. The lowest BCUT2D eigenvalue weighted by atomic mass is 10.1. The van der Waals surface area contributed by atoms with Gasteiger partial charge >= 0.3 is 0 Å². The molecule has 0 radical (unpaired) electrons. The number of carbonyl (C=O) groups excluding carboxylic acids is 1. The van der Waals surface area contributed by atoms with Crippen LogP contribution in [0.3, 0.4) is 0 Å². The maximum atomic E-state index is 12.3. The lowest BCUT2D eigenvalue weighted by Crippen LogP contribution is -2.42. The standard InChI is InChI=1S/C20H25BrN2O3/c1-13(16-7-10-19(26-4)18(21)11-16)23-14(2)20(24)22-12-15-5-8-17(25-3)9-6-15/h5-11,13-14,23H,12H2,1-4H3,(H,22,24)/t13-,14+/m0/s1. The number of methoxy groups -OCH3 is 2. The van der Waals surface area contributed by atoms with Crippen LogP contribution in [-0.4, -0.2) is 26.2 Å². The highest BCUT2D eigenvalue weighted by Crippen LogP contribution is 2.28. The molecule has 2 aromatic rings. The van der Waals surface area contributed by atoms with Gasteiger partial charge in [0.2, 0.25) is 5.91 Å². The second kappa shape index (κ2) is 9.59. The number of benzene rings is 2. The van der Waals surface area contributed by atoms with E-state index in [2.05, 4.69) is 26.6 Å². The van der Waals surface area contributed by atoms with Crippen molar-refractivity contribution in [1.82, 2.24) is 10.6 Å². The summed E-state index contributed by atoms with van der Waals surface area (Å²) in [4.78, 5) is 12.3. The Labute approximate surface area is 163 Å². The van der Waals surface area contributed by atoms with Gasteiger partial charge in [-0.15, -0.1) is 0 Å². The highest BCUT2D eigenvalue weighted by atomic mass is 79.9. The molecule has 140 valence electrons. The molecule has 5 nitrogen and oxygen atoms in total. The second-order valence-corrected chi connectivity index (χ2v) is 6.92. The molecular weight excluding hydrogens is 396 g/mol. The molecule has 0 aromatic heterocycles. The van der Waals surface area contributed by atoms with Crippen LogP contribution >= 0.6 is 15.9 Å². The molecule has 26 heavy (non-hydrogen) atoms. The predicted molar refractivity (Wildman–Crippen MR) is 107 cm³/mol. The van der Waals surface area contributed by atoms with E-state index in [1.165, 1.54) is 0 Å². The lowest BCUT2D eigenvalue weighted by Gasteiger charge is -2.20. The molecule has 2 N–H and O–H groups in total. The Morgan fingerprint density at radius 2 is 1.77 bits per heavy atom. The van der Waals surface area contributed by atoms with E-state index in [-0.39, 0.29) is 18.0 Å². The average molecular weight is 421 g/mol. The summed E-state index contributed by atoms with van der Waals surface area (Å²) in [6, 6.07) is 13.2. The summed E-state index contributed by atoms with van der Waals surface area (Å²) in [6.07, 6.45) is 0. The molecule has 1 amide bonds. The number of rotatable bonds is 8. The van der Waals surface area contributed by atoms with Gasteiger partial charge in [0.15, 0.2) is 0 Å². The molecule has 0 bridgehead atoms. The molecule has 0 heterocycles. The Morgan fingerprint density at radius 1 is 1.08 bits per heavy atom. The van der Waals surface area contributed by atoms with Gasteiger partial charge in [-0.1, -0.05) is 18.2 Å². The maximum absolute atomic E-state index is 12.3. The van der Waals surface area contributed by atoms with Gasteiger partial charge in [0.05, 0.1) is 24.7 Å². The Kier molecular flexibility index (Phi) is 7.48. The zero-order valence-corrected chi connectivity index (χ0v) is 17.1. The first kappa shape index (κ1) is 20.3. The molecular formula is C20H25BrN2O3. The van der Waals surface area contributed by atoms with Gasteiger partial charge in [-0.05, 0) is 65.2 Å². The van der Waals surface area contributed by atoms with E-state index < -0.39 is 0 Å². The third-order valence-electron chi connectivity index (χ3n) is 4.19. The van der Waals surface area contributed by atoms with Crippen LogP contribution in [0, 0.1) is 0 Å². The molecule has 2 rings (SSSR count). The molecule has 0 spiro atoms. The normalized spacial score (nSPS) is 13.0. The van der Waals surface area contributed by atoms with Crippen molar-refractivity contribution in [2.24, 2.45) is 0 Å². The van der Waals surface area contributed by atoms with Crippen molar-refractivity contribution in [2.75, 3.05) is 14.2 Å². The Hall–Kier alpha value is -2.05. The monoisotopic (exact) mass is 420 g/mol. The molecule has 2 atom stereocenters. The van der Waals surface area contributed by atoms with Crippen LogP contribution in [0.2, 0.25) is 0 Å². The molecule has 0 saturated heterocycles. The van der Waals surface area contributed by atoms with Crippen LogP contribution in [0.5, 0.6) is 11.5 Å². The fraction of sp³-hybridized carbons (Fsp3) is 0.350. The number of halogens is 1. The molecule has 2 aromatic carbocycles. The second-order valence-electron chi connectivity index (χ2n) is 6.07. The fourth-order valence-corrected chi connectivity index (χ4v) is 3.14. The van der Waals surface area contributed by atoms with Gasteiger partial charge in [-0.3, -0.25) is 10.1 Å². The van der Waals surface area contributed by atoms with Gasteiger partial charge < -0.3 is 14.8 Å². The van der Waals surface area contributed by atoms with Crippen molar-refractivity contribution in [3.05, 3.63) is 58.1 Å².